The Labute approximate surface area is 153 Å². The highest BCUT2D eigenvalue weighted by Crippen LogP contribution is 2.26. The van der Waals surface area contributed by atoms with E-state index in [-0.39, 0.29) is 29.3 Å². The molecule has 3 N–H and O–H groups in total. The third-order valence-corrected chi connectivity index (χ3v) is 4.58. The highest BCUT2D eigenvalue weighted by molar-refractivity contribution is 8.00. The summed E-state index contributed by atoms with van der Waals surface area (Å²) in [5.41, 5.74) is 5.44. The van der Waals surface area contributed by atoms with Gasteiger partial charge in [-0.3, -0.25) is 14.9 Å². The zero-order valence-corrected chi connectivity index (χ0v) is 16.1. The Bertz CT molecular complexity index is 554. The van der Waals surface area contributed by atoms with Crippen LogP contribution in [0.25, 0.3) is 0 Å². The molecule has 136 valence electrons. The molecule has 6 nitrogen and oxygen atoms in total. The van der Waals surface area contributed by atoms with Gasteiger partial charge in [-0.2, -0.15) is 0 Å². The molecule has 0 saturated carbocycles. The van der Waals surface area contributed by atoms with E-state index in [1.54, 1.807) is 12.1 Å². The van der Waals surface area contributed by atoms with Gasteiger partial charge in [-0.25, -0.2) is 0 Å². The predicted octanol–water partition coefficient (Wildman–Crippen LogP) is 3.38. The number of amides is 1. The lowest BCUT2D eigenvalue weighted by atomic mass is 9.90. The van der Waals surface area contributed by atoms with Crippen LogP contribution in [0.2, 0.25) is 0 Å². The van der Waals surface area contributed by atoms with Gasteiger partial charge in [-0.05, 0) is 38.3 Å². The summed E-state index contributed by atoms with van der Waals surface area (Å²) < 4.78 is 0. The summed E-state index contributed by atoms with van der Waals surface area (Å²) in [5.74, 6) is 0.350. The first-order valence-corrected chi connectivity index (χ1v) is 8.48. The van der Waals surface area contributed by atoms with Gasteiger partial charge in [0.2, 0.25) is 5.91 Å². The van der Waals surface area contributed by atoms with Gasteiger partial charge >= 0.3 is 0 Å². The van der Waals surface area contributed by atoms with Gasteiger partial charge in [0.1, 0.15) is 0 Å². The molecule has 2 unspecified atom stereocenters. The molecule has 0 radical (unpaired) electrons. The largest absolute Gasteiger partial charge is 0.349 e. The van der Waals surface area contributed by atoms with E-state index in [1.165, 1.54) is 23.9 Å². The molecule has 24 heavy (non-hydrogen) atoms. The van der Waals surface area contributed by atoms with Crippen molar-refractivity contribution in [2.75, 3.05) is 6.54 Å². The van der Waals surface area contributed by atoms with Gasteiger partial charge in [0.05, 0.1) is 10.2 Å². The fraction of sp³-hybridized carbons (Fsp3) is 0.562. The number of carbonyl (C=O) groups is 1. The van der Waals surface area contributed by atoms with Crippen molar-refractivity contribution in [2.45, 2.75) is 49.8 Å². The Morgan fingerprint density at radius 3 is 2.29 bits per heavy atom. The highest BCUT2D eigenvalue weighted by atomic mass is 35.5. The number of benzene rings is 1. The van der Waals surface area contributed by atoms with E-state index < -0.39 is 10.5 Å². The molecule has 0 bridgehead atoms. The van der Waals surface area contributed by atoms with Crippen LogP contribution in [0.5, 0.6) is 0 Å². The molecule has 1 aromatic carbocycles. The van der Waals surface area contributed by atoms with Crippen LogP contribution in [-0.4, -0.2) is 28.2 Å². The van der Waals surface area contributed by atoms with Gasteiger partial charge in [0, 0.05) is 29.1 Å². The molecule has 8 heteroatoms. The minimum atomic E-state index is -0.441. The van der Waals surface area contributed by atoms with E-state index in [0.29, 0.717) is 12.5 Å². The van der Waals surface area contributed by atoms with Crippen LogP contribution in [0.4, 0.5) is 5.69 Å². The second kappa shape index (κ2) is 9.86. The number of nitrogens with zero attached hydrogens (tertiary/aromatic N) is 1. The Morgan fingerprint density at radius 1 is 1.33 bits per heavy atom. The molecule has 0 heterocycles. The maximum absolute atomic E-state index is 12.4. The van der Waals surface area contributed by atoms with Gasteiger partial charge in [-0.1, -0.05) is 13.8 Å². The van der Waals surface area contributed by atoms with Crippen molar-refractivity contribution in [1.82, 2.24) is 5.32 Å². The Morgan fingerprint density at radius 2 is 1.88 bits per heavy atom. The minimum absolute atomic E-state index is 0. The summed E-state index contributed by atoms with van der Waals surface area (Å²) in [6.45, 7) is 8.33. The summed E-state index contributed by atoms with van der Waals surface area (Å²) in [6, 6.07) is 6.19. The molecular formula is C16H26ClN3O3S. The van der Waals surface area contributed by atoms with Crippen LogP contribution in [0.1, 0.15) is 34.1 Å². The van der Waals surface area contributed by atoms with Crippen molar-refractivity contribution in [3.63, 3.8) is 0 Å². The lowest BCUT2D eigenvalue weighted by Gasteiger charge is -2.32. The van der Waals surface area contributed by atoms with Crippen LogP contribution >= 0.6 is 24.2 Å². The Balaban J connectivity index is 0.00000529. The van der Waals surface area contributed by atoms with Crippen molar-refractivity contribution in [3.05, 3.63) is 34.4 Å². The summed E-state index contributed by atoms with van der Waals surface area (Å²) in [5, 5.41) is 13.4. The van der Waals surface area contributed by atoms with Gasteiger partial charge < -0.3 is 11.1 Å². The maximum atomic E-state index is 12.4. The molecule has 0 saturated heterocycles. The molecule has 1 aromatic rings. The third kappa shape index (κ3) is 7.07. The number of nitrogens with two attached hydrogens (primary N) is 1. The standard InChI is InChI=1S/C16H25N3O3S.ClH/c1-11(2)9-16(4,10-17)18-15(20)12(3)23-14-7-5-13(6-8-14)19(21)22;/h5-8,11-12H,9-10,17H2,1-4H3,(H,18,20);1H. The SMILES string of the molecule is CC(C)CC(C)(CN)NC(=O)C(C)Sc1ccc([N+](=O)[O-])cc1.Cl. The first-order valence-electron chi connectivity index (χ1n) is 7.60. The third-order valence-electron chi connectivity index (χ3n) is 3.46. The maximum Gasteiger partial charge on any atom is 0.269 e. The molecular weight excluding hydrogens is 350 g/mol. The fourth-order valence-corrected chi connectivity index (χ4v) is 3.26. The van der Waals surface area contributed by atoms with Crippen LogP contribution < -0.4 is 11.1 Å². The van der Waals surface area contributed by atoms with Crippen molar-refractivity contribution in [1.29, 1.82) is 0 Å². The lowest BCUT2D eigenvalue weighted by molar-refractivity contribution is -0.384. The summed E-state index contributed by atoms with van der Waals surface area (Å²) in [4.78, 5) is 23.4. The molecule has 0 aliphatic heterocycles. The molecule has 0 aromatic heterocycles. The number of hydrogen-bond donors (Lipinski definition) is 2. The molecule has 0 spiro atoms. The Hall–Kier alpha value is -1.31. The first-order chi connectivity index (χ1) is 10.7. The minimum Gasteiger partial charge on any atom is -0.349 e. The topological polar surface area (TPSA) is 98.3 Å². The quantitative estimate of drug-likeness (QED) is 0.412. The van der Waals surface area contributed by atoms with E-state index in [4.69, 9.17) is 5.73 Å². The summed E-state index contributed by atoms with van der Waals surface area (Å²) >= 11 is 1.37. The van der Waals surface area contributed by atoms with Crippen molar-refractivity contribution in [3.8, 4) is 0 Å². The smallest absolute Gasteiger partial charge is 0.269 e. The lowest BCUT2D eigenvalue weighted by Crippen LogP contribution is -2.54. The number of nitrogens with one attached hydrogen (secondary N) is 1. The zero-order chi connectivity index (χ0) is 17.6. The molecule has 0 aliphatic rings. The monoisotopic (exact) mass is 375 g/mol. The highest BCUT2D eigenvalue weighted by Gasteiger charge is 2.28. The average Bonchev–Trinajstić information content (AvgIpc) is 2.46. The first kappa shape index (κ1) is 22.7. The number of carbonyl (C=O) groups excluding carboxylic acids is 1. The van der Waals surface area contributed by atoms with E-state index in [2.05, 4.69) is 19.2 Å². The average molecular weight is 376 g/mol. The van der Waals surface area contributed by atoms with E-state index >= 15 is 0 Å². The second-order valence-electron chi connectivity index (χ2n) is 6.36. The molecule has 2 atom stereocenters. The van der Waals surface area contributed by atoms with Crippen LogP contribution in [-0.2, 0) is 4.79 Å². The van der Waals surface area contributed by atoms with E-state index in [9.17, 15) is 14.9 Å². The Kier molecular flexibility index (Phi) is 9.32. The number of non-ortho nitro benzene ring substituents is 1. The molecule has 1 amide bonds. The number of thioether (sulfide) groups is 1. The van der Waals surface area contributed by atoms with Crippen molar-refractivity contribution in [2.24, 2.45) is 11.7 Å². The molecule has 0 aliphatic carbocycles. The number of nitro benzene ring substituents is 1. The predicted molar refractivity (Wildman–Crippen MR) is 101 cm³/mol. The van der Waals surface area contributed by atoms with Crippen molar-refractivity contribution >= 4 is 35.8 Å². The second-order valence-corrected chi connectivity index (χ2v) is 7.78. The van der Waals surface area contributed by atoms with Gasteiger partial charge in [0.25, 0.3) is 5.69 Å². The fourth-order valence-electron chi connectivity index (χ4n) is 2.39. The van der Waals surface area contributed by atoms with Crippen LogP contribution in [0.15, 0.2) is 29.2 Å². The normalized spacial score (nSPS) is 14.4. The van der Waals surface area contributed by atoms with E-state index in [1.807, 2.05) is 13.8 Å². The van der Waals surface area contributed by atoms with Crippen molar-refractivity contribution < 1.29 is 9.72 Å². The molecule has 1 rings (SSSR count). The van der Waals surface area contributed by atoms with Gasteiger partial charge in [0.15, 0.2) is 0 Å². The molecule has 0 fully saturated rings. The van der Waals surface area contributed by atoms with Crippen LogP contribution in [0, 0.1) is 16.0 Å². The number of nitro groups is 1. The summed E-state index contributed by atoms with van der Waals surface area (Å²) in [7, 11) is 0. The van der Waals surface area contributed by atoms with E-state index in [0.717, 1.165) is 11.3 Å². The van der Waals surface area contributed by atoms with Crippen LogP contribution in [0.3, 0.4) is 0 Å². The summed E-state index contributed by atoms with van der Waals surface area (Å²) in [6.07, 6.45) is 0.810. The number of hydrogen-bond acceptors (Lipinski definition) is 5. The number of halogens is 1. The van der Waals surface area contributed by atoms with Gasteiger partial charge in [-0.15, -0.1) is 24.2 Å². The number of rotatable bonds is 8. The zero-order valence-electron chi connectivity index (χ0n) is 14.4.